The largest absolute Gasteiger partial charge is 0.494 e. The molecule has 0 bridgehead atoms. The molecule has 0 spiro atoms. The van der Waals surface area contributed by atoms with Gasteiger partial charge in [0.1, 0.15) is 5.75 Å². The molecule has 0 radical (unpaired) electrons. The number of carbonyl (C=O) groups is 2. The third kappa shape index (κ3) is 2.64. The van der Waals surface area contributed by atoms with Crippen LogP contribution in [0, 0.1) is 13.8 Å². The summed E-state index contributed by atoms with van der Waals surface area (Å²) >= 11 is 0. The van der Waals surface area contributed by atoms with Gasteiger partial charge in [0.25, 0.3) is 5.91 Å². The molecule has 0 aliphatic rings. The van der Waals surface area contributed by atoms with Crippen LogP contribution in [0.3, 0.4) is 0 Å². The van der Waals surface area contributed by atoms with E-state index in [1.807, 2.05) is 26.0 Å². The van der Waals surface area contributed by atoms with E-state index in [1.165, 1.54) is 11.8 Å². The number of ether oxygens (including phenoxy) is 1. The van der Waals surface area contributed by atoms with Crippen molar-refractivity contribution >= 4 is 17.4 Å². The molecule has 1 rings (SSSR count). The lowest BCUT2D eigenvalue weighted by atomic mass is 10.1. The lowest BCUT2D eigenvalue weighted by Crippen LogP contribution is -2.32. The molecular formula is C13H17NO3. The van der Waals surface area contributed by atoms with E-state index in [0.29, 0.717) is 11.4 Å². The van der Waals surface area contributed by atoms with Crippen molar-refractivity contribution in [2.45, 2.75) is 20.8 Å². The quantitative estimate of drug-likeness (QED) is 0.751. The summed E-state index contributed by atoms with van der Waals surface area (Å²) in [5.41, 5.74) is 2.57. The summed E-state index contributed by atoms with van der Waals surface area (Å²) in [6.45, 7) is 5.09. The first-order valence-corrected chi connectivity index (χ1v) is 5.32. The average Bonchev–Trinajstić information content (AvgIpc) is 2.25. The van der Waals surface area contributed by atoms with E-state index in [-0.39, 0.29) is 0 Å². The van der Waals surface area contributed by atoms with Gasteiger partial charge in [0.15, 0.2) is 0 Å². The Hall–Kier alpha value is -1.84. The lowest BCUT2D eigenvalue weighted by Gasteiger charge is -2.20. The Kier molecular flexibility index (Phi) is 3.89. The number of carbonyl (C=O) groups excluding carboxylic acids is 2. The molecule has 0 unspecified atom stereocenters. The minimum atomic E-state index is -0.548. The van der Waals surface area contributed by atoms with Crippen LogP contribution in [0.4, 0.5) is 5.69 Å². The number of anilines is 1. The van der Waals surface area contributed by atoms with Crippen LogP contribution in [0.25, 0.3) is 0 Å². The number of hydrogen-bond acceptors (Lipinski definition) is 3. The fourth-order valence-electron chi connectivity index (χ4n) is 1.79. The molecule has 1 aromatic rings. The summed E-state index contributed by atoms with van der Waals surface area (Å²) in [5, 5.41) is 0. The fraction of sp³-hybridized carbons (Fsp3) is 0.385. The van der Waals surface area contributed by atoms with Crippen molar-refractivity contribution in [2.75, 3.05) is 19.1 Å². The zero-order valence-corrected chi connectivity index (χ0v) is 10.8. The number of ketones is 1. The zero-order valence-electron chi connectivity index (χ0n) is 10.8. The van der Waals surface area contributed by atoms with E-state index in [1.54, 1.807) is 14.2 Å². The van der Waals surface area contributed by atoms with E-state index in [2.05, 4.69) is 0 Å². The molecule has 17 heavy (non-hydrogen) atoms. The van der Waals surface area contributed by atoms with Gasteiger partial charge in [0, 0.05) is 14.0 Å². The normalized spacial score (nSPS) is 9.94. The van der Waals surface area contributed by atoms with E-state index < -0.39 is 11.7 Å². The van der Waals surface area contributed by atoms with Crippen molar-refractivity contribution in [1.29, 1.82) is 0 Å². The average molecular weight is 235 g/mol. The molecule has 1 amide bonds. The number of aryl methyl sites for hydroxylation is 2. The minimum absolute atomic E-state index is 0.492. The Morgan fingerprint density at radius 2 is 1.82 bits per heavy atom. The topological polar surface area (TPSA) is 46.6 Å². The van der Waals surface area contributed by atoms with Crippen molar-refractivity contribution in [2.24, 2.45) is 0 Å². The van der Waals surface area contributed by atoms with Gasteiger partial charge < -0.3 is 9.64 Å². The summed E-state index contributed by atoms with van der Waals surface area (Å²) in [4.78, 5) is 24.1. The molecule has 0 aliphatic carbocycles. The van der Waals surface area contributed by atoms with Crippen molar-refractivity contribution in [3.8, 4) is 5.75 Å². The number of likely N-dealkylation sites (N-methyl/N-ethyl adjacent to an activating group) is 1. The molecule has 4 heteroatoms. The second kappa shape index (κ2) is 4.99. The van der Waals surface area contributed by atoms with Gasteiger partial charge >= 0.3 is 0 Å². The maximum atomic E-state index is 11.7. The number of benzene rings is 1. The third-order valence-electron chi connectivity index (χ3n) is 2.57. The second-order valence-electron chi connectivity index (χ2n) is 4.05. The van der Waals surface area contributed by atoms with Crippen LogP contribution in [0.15, 0.2) is 12.1 Å². The van der Waals surface area contributed by atoms with Crippen LogP contribution in [0.1, 0.15) is 18.1 Å². The summed E-state index contributed by atoms with van der Waals surface area (Å²) in [6, 6.07) is 3.79. The molecule has 92 valence electrons. The monoisotopic (exact) mass is 235 g/mol. The molecule has 0 heterocycles. The van der Waals surface area contributed by atoms with Gasteiger partial charge in [-0.25, -0.2) is 0 Å². The fourth-order valence-corrected chi connectivity index (χ4v) is 1.79. The summed E-state index contributed by atoms with van der Waals surface area (Å²) < 4.78 is 5.28. The van der Waals surface area contributed by atoms with Gasteiger partial charge in [0.2, 0.25) is 5.78 Å². The summed E-state index contributed by atoms with van der Waals surface area (Å²) in [7, 11) is 3.12. The van der Waals surface area contributed by atoms with E-state index in [0.717, 1.165) is 11.1 Å². The van der Waals surface area contributed by atoms with Crippen LogP contribution in [0.5, 0.6) is 5.75 Å². The third-order valence-corrected chi connectivity index (χ3v) is 2.57. The highest BCUT2D eigenvalue weighted by Crippen LogP contribution is 2.32. The number of methoxy groups -OCH3 is 1. The molecule has 1 aromatic carbocycles. The number of hydrogen-bond donors (Lipinski definition) is 0. The van der Waals surface area contributed by atoms with Crippen molar-refractivity contribution in [3.63, 3.8) is 0 Å². The Labute approximate surface area is 101 Å². The Morgan fingerprint density at radius 1 is 1.24 bits per heavy atom. The van der Waals surface area contributed by atoms with Crippen molar-refractivity contribution < 1.29 is 14.3 Å². The second-order valence-corrected chi connectivity index (χ2v) is 4.05. The van der Waals surface area contributed by atoms with E-state index in [4.69, 9.17) is 4.74 Å². The summed E-state index contributed by atoms with van der Waals surface area (Å²) in [5.74, 6) is -0.422. The Bertz CT molecular complexity index is 466. The Morgan fingerprint density at radius 3 is 2.29 bits per heavy atom. The highest BCUT2D eigenvalue weighted by Gasteiger charge is 2.20. The predicted molar refractivity (Wildman–Crippen MR) is 66.6 cm³/mol. The molecule has 4 nitrogen and oxygen atoms in total. The smallest absolute Gasteiger partial charge is 0.293 e. The lowest BCUT2D eigenvalue weighted by molar-refractivity contribution is -0.134. The maximum Gasteiger partial charge on any atom is 0.293 e. The van der Waals surface area contributed by atoms with Crippen LogP contribution in [0.2, 0.25) is 0 Å². The van der Waals surface area contributed by atoms with Crippen LogP contribution >= 0.6 is 0 Å². The van der Waals surface area contributed by atoms with Crippen LogP contribution in [-0.4, -0.2) is 25.8 Å². The first-order chi connectivity index (χ1) is 7.88. The van der Waals surface area contributed by atoms with Gasteiger partial charge in [-0.15, -0.1) is 0 Å². The van der Waals surface area contributed by atoms with Gasteiger partial charge in [-0.3, -0.25) is 9.59 Å². The molecular weight excluding hydrogens is 218 g/mol. The minimum Gasteiger partial charge on any atom is -0.494 e. The maximum absolute atomic E-state index is 11.7. The highest BCUT2D eigenvalue weighted by atomic mass is 16.5. The molecule has 0 N–H and O–H groups in total. The molecule has 0 aliphatic heterocycles. The van der Waals surface area contributed by atoms with Gasteiger partial charge in [-0.05, 0) is 31.0 Å². The molecule has 0 saturated carbocycles. The number of Topliss-reactive ketones (excluding diaryl/α,β-unsaturated/α-hetero) is 1. The molecule has 0 fully saturated rings. The van der Waals surface area contributed by atoms with Gasteiger partial charge in [-0.2, -0.15) is 0 Å². The standard InChI is InChI=1S/C13H17NO3/c1-8-6-9(2)12(17-5)11(7-8)14(4)13(16)10(3)15/h6-7H,1-5H3. The SMILES string of the molecule is COc1c(C)cc(C)cc1N(C)C(=O)C(C)=O. The van der Waals surface area contributed by atoms with Crippen LogP contribution in [-0.2, 0) is 9.59 Å². The van der Waals surface area contributed by atoms with Crippen LogP contribution < -0.4 is 9.64 Å². The number of nitrogens with zero attached hydrogens (tertiary/aromatic N) is 1. The number of amides is 1. The first kappa shape index (κ1) is 13.2. The molecule has 0 atom stereocenters. The van der Waals surface area contributed by atoms with Gasteiger partial charge in [-0.1, -0.05) is 6.07 Å². The summed E-state index contributed by atoms with van der Waals surface area (Å²) in [6.07, 6.45) is 0. The van der Waals surface area contributed by atoms with Gasteiger partial charge in [0.05, 0.1) is 12.8 Å². The highest BCUT2D eigenvalue weighted by molar-refractivity contribution is 6.40. The predicted octanol–water partition coefficient (Wildman–Crippen LogP) is 1.86. The zero-order chi connectivity index (χ0) is 13.2. The molecule has 0 saturated heterocycles. The first-order valence-electron chi connectivity index (χ1n) is 5.32. The Balaban J connectivity index is 3.29. The van der Waals surface area contributed by atoms with E-state index in [9.17, 15) is 9.59 Å². The van der Waals surface area contributed by atoms with Crippen molar-refractivity contribution in [3.05, 3.63) is 23.3 Å². The van der Waals surface area contributed by atoms with E-state index >= 15 is 0 Å². The van der Waals surface area contributed by atoms with Crippen molar-refractivity contribution in [1.82, 2.24) is 0 Å². The number of rotatable bonds is 3. The molecule has 0 aromatic heterocycles.